The van der Waals surface area contributed by atoms with Crippen molar-refractivity contribution in [3.8, 4) is 0 Å². The lowest BCUT2D eigenvalue weighted by Crippen LogP contribution is -1.89. The summed E-state index contributed by atoms with van der Waals surface area (Å²) in [5.74, 6) is 0.870. The molecule has 0 radical (unpaired) electrons. The Kier molecular flexibility index (Phi) is 3.81. The van der Waals surface area contributed by atoms with Gasteiger partial charge in [0.2, 0.25) is 0 Å². The van der Waals surface area contributed by atoms with Gasteiger partial charge in [0.25, 0.3) is 0 Å². The summed E-state index contributed by atoms with van der Waals surface area (Å²) in [4.78, 5) is 0. The summed E-state index contributed by atoms with van der Waals surface area (Å²) in [5.41, 5.74) is 0. The van der Waals surface area contributed by atoms with Crippen molar-refractivity contribution < 1.29 is 0 Å². The third kappa shape index (κ3) is 2.46. The third-order valence-corrected chi connectivity index (χ3v) is 1.14. The average Bonchev–Trinajstić information content (AvgIpc) is 1.72. The normalized spacial score (nSPS) is 8.86. The smallest absolute Gasteiger partial charge is 0.0320 e. The Hall–Kier alpha value is -0.230. The van der Waals surface area contributed by atoms with Crippen molar-refractivity contribution in [2.75, 3.05) is 5.88 Å². The molecule has 0 aromatic carbocycles. The molecule has 40 valence electrons. The van der Waals surface area contributed by atoms with Gasteiger partial charge >= 0.3 is 0 Å². The molecule has 0 fully saturated rings. The number of hydrogen-bond acceptors (Lipinski definition) is 0. The van der Waals surface area contributed by atoms with Gasteiger partial charge in [-0.1, -0.05) is 12.2 Å². The number of rotatable bonds is 3. The molecule has 0 amide bonds. The van der Waals surface area contributed by atoms with Crippen LogP contribution >= 0.6 is 11.6 Å². The monoisotopic (exact) mass is 116 g/mol. The molecule has 0 spiro atoms. The van der Waals surface area contributed by atoms with E-state index in [4.69, 9.17) is 11.6 Å². The molecule has 0 aliphatic rings. The molecule has 0 aromatic heterocycles. The van der Waals surface area contributed by atoms with Crippen LogP contribution in [0.15, 0.2) is 25.3 Å². The van der Waals surface area contributed by atoms with E-state index in [9.17, 15) is 0 Å². The van der Waals surface area contributed by atoms with Gasteiger partial charge in [0.15, 0.2) is 0 Å². The largest absolute Gasteiger partial charge is 0.126 e. The summed E-state index contributed by atoms with van der Waals surface area (Å²) < 4.78 is 0. The summed E-state index contributed by atoms with van der Waals surface area (Å²) in [6, 6.07) is 0. The molecule has 0 unspecified atom stereocenters. The van der Waals surface area contributed by atoms with Crippen LogP contribution in [0, 0.1) is 5.92 Å². The van der Waals surface area contributed by atoms with Gasteiger partial charge in [0, 0.05) is 11.8 Å². The van der Waals surface area contributed by atoms with E-state index in [0.29, 0.717) is 5.88 Å². The molecule has 0 atom stereocenters. The van der Waals surface area contributed by atoms with Crippen LogP contribution in [0.25, 0.3) is 0 Å². The highest BCUT2D eigenvalue weighted by Crippen LogP contribution is 1.99. The standard InChI is InChI=1S/C6H9Cl/c1-3-6(4-2)5-7/h3-4,6H,1-2,5H2. The second kappa shape index (κ2) is 3.94. The summed E-state index contributed by atoms with van der Waals surface area (Å²) in [7, 11) is 0. The molecule has 0 nitrogen and oxygen atoms in total. The molecule has 0 rings (SSSR count). The lowest BCUT2D eigenvalue weighted by molar-refractivity contribution is 0.958. The van der Waals surface area contributed by atoms with Crippen molar-refractivity contribution in [3.05, 3.63) is 25.3 Å². The maximum atomic E-state index is 5.43. The zero-order valence-corrected chi connectivity index (χ0v) is 4.99. The fraction of sp³-hybridized carbons (Fsp3) is 0.333. The highest BCUT2D eigenvalue weighted by atomic mass is 35.5. The second-order valence-corrected chi connectivity index (χ2v) is 1.60. The Morgan fingerprint density at radius 2 is 1.86 bits per heavy atom. The molecule has 7 heavy (non-hydrogen) atoms. The van der Waals surface area contributed by atoms with Gasteiger partial charge in [-0.15, -0.1) is 24.8 Å². The van der Waals surface area contributed by atoms with E-state index in [1.807, 2.05) is 0 Å². The maximum Gasteiger partial charge on any atom is 0.0320 e. The van der Waals surface area contributed by atoms with Crippen LogP contribution in [-0.4, -0.2) is 5.88 Å². The van der Waals surface area contributed by atoms with Crippen molar-refractivity contribution in [2.45, 2.75) is 0 Å². The van der Waals surface area contributed by atoms with Gasteiger partial charge in [0.05, 0.1) is 0 Å². The predicted octanol–water partition coefficient (Wildman–Crippen LogP) is 2.21. The van der Waals surface area contributed by atoms with Crippen LogP contribution < -0.4 is 0 Å². The number of alkyl halides is 1. The fourth-order valence-electron chi connectivity index (χ4n) is 0.222. The Labute approximate surface area is 49.5 Å². The minimum absolute atomic E-state index is 0.279. The summed E-state index contributed by atoms with van der Waals surface area (Å²) in [5, 5.41) is 0. The Balaban J connectivity index is 3.36. The quantitative estimate of drug-likeness (QED) is 0.392. The molecule has 0 heterocycles. The van der Waals surface area contributed by atoms with Crippen LogP contribution in [0.1, 0.15) is 0 Å². The number of halogens is 1. The molecule has 1 heteroatoms. The van der Waals surface area contributed by atoms with Gasteiger partial charge in [-0.05, 0) is 0 Å². The van der Waals surface area contributed by atoms with E-state index in [1.54, 1.807) is 12.2 Å². The van der Waals surface area contributed by atoms with Gasteiger partial charge < -0.3 is 0 Å². The van der Waals surface area contributed by atoms with E-state index in [2.05, 4.69) is 13.2 Å². The second-order valence-electron chi connectivity index (χ2n) is 1.29. The Bertz CT molecular complexity index is 58.6. The SMILES string of the molecule is C=CC(C=C)CCl. The van der Waals surface area contributed by atoms with Crippen LogP contribution in [0.4, 0.5) is 0 Å². The lowest BCUT2D eigenvalue weighted by Gasteiger charge is -1.95. The van der Waals surface area contributed by atoms with Crippen LogP contribution in [0.3, 0.4) is 0 Å². The first kappa shape index (κ1) is 6.77. The highest BCUT2D eigenvalue weighted by molar-refractivity contribution is 6.18. The van der Waals surface area contributed by atoms with Crippen LogP contribution in [-0.2, 0) is 0 Å². The molecular formula is C6H9Cl. The van der Waals surface area contributed by atoms with Crippen molar-refractivity contribution in [3.63, 3.8) is 0 Å². The highest BCUT2D eigenvalue weighted by Gasteiger charge is 1.90. The van der Waals surface area contributed by atoms with Crippen molar-refractivity contribution in [1.82, 2.24) is 0 Å². The summed E-state index contributed by atoms with van der Waals surface area (Å²) in [6.45, 7) is 7.09. The maximum absolute atomic E-state index is 5.43. The van der Waals surface area contributed by atoms with E-state index in [-0.39, 0.29) is 5.92 Å². The van der Waals surface area contributed by atoms with E-state index in [0.717, 1.165) is 0 Å². The van der Waals surface area contributed by atoms with Gasteiger partial charge in [-0.25, -0.2) is 0 Å². The Morgan fingerprint density at radius 1 is 1.43 bits per heavy atom. The lowest BCUT2D eigenvalue weighted by atomic mass is 10.2. The number of allylic oxidation sites excluding steroid dienone is 2. The van der Waals surface area contributed by atoms with Crippen LogP contribution in [0.2, 0.25) is 0 Å². The minimum Gasteiger partial charge on any atom is -0.126 e. The molecule has 0 N–H and O–H groups in total. The zero-order chi connectivity index (χ0) is 5.70. The van der Waals surface area contributed by atoms with Gasteiger partial charge in [-0.3, -0.25) is 0 Å². The molecule has 0 aliphatic heterocycles. The van der Waals surface area contributed by atoms with Crippen molar-refractivity contribution in [1.29, 1.82) is 0 Å². The van der Waals surface area contributed by atoms with Crippen LogP contribution in [0.5, 0.6) is 0 Å². The van der Waals surface area contributed by atoms with E-state index >= 15 is 0 Å². The molecule has 0 aromatic rings. The van der Waals surface area contributed by atoms with Gasteiger partial charge in [-0.2, -0.15) is 0 Å². The summed E-state index contributed by atoms with van der Waals surface area (Å²) >= 11 is 5.43. The predicted molar refractivity (Wildman–Crippen MR) is 34.6 cm³/mol. The molecule has 0 saturated carbocycles. The molecule has 0 aliphatic carbocycles. The summed E-state index contributed by atoms with van der Waals surface area (Å²) in [6.07, 6.45) is 3.56. The van der Waals surface area contributed by atoms with E-state index < -0.39 is 0 Å². The minimum atomic E-state index is 0.279. The fourth-order valence-corrected chi connectivity index (χ4v) is 0.474. The van der Waals surface area contributed by atoms with E-state index in [1.165, 1.54) is 0 Å². The first-order valence-corrected chi connectivity index (χ1v) is 2.69. The molecular weight excluding hydrogens is 108 g/mol. The van der Waals surface area contributed by atoms with Crippen molar-refractivity contribution in [2.24, 2.45) is 5.92 Å². The Morgan fingerprint density at radius 3 is 1.86 bits per heavy atom. The van der Waals surface area contributed by atoms with Gasteiger partial charge in [0.1, 0.15) is 0 Å². The first-order chi connectivity index (χ1) is 3.35. The first-order valence-electron chi connectivity index (χ1n) is 2.16. The zero-order valence-electron chi connectivity index (χ0n) is 4.23. The molecule has 0 bridgehead atoms. The third-order valence-electron chi connectivity index (χ3n) is 0.784. The average molecular weight is 117 g/mol. The van der Waals surface area contributed by atoms with Crippen molar-refractivity contribution >= 4 is 11.6 Å². The topological polar surface area (TPSA) is 0 Å². The number of hydrogen-bond donors (Lipinski definition) is 0. The molecule has 0 saturated heterocycles.